The van der Waals surface area contributed by atoms with E-state index < -0.39 is 0 Å². The standard InChI is InChI=1S/C32H30ClN3O3/c1-3-39-26-16-12-22(13-17-26)29-27-9-4-5-18-35-28(21-10-14-25(38-2)15-11-21)20-36(32(27)35)30(29)31(37)34-24-8-6-7-23(33)19-24/h6-8,10-17,19-20H,3-5,9,18H2,1-2H3,(H,34,37). The summed E-state index contributed by atoms with van der Waals surface area (Å²) in [7, 11) is 1.67. The highest BCUT2D eigenvalue weighted by Gasteiger charge is 2.29. The second kappa shape index (κ2) is 10.5. The van der Waals surface area contributed by atoms with Gasteiger partial charge in [0.15, 0.2) is 0 Å². The monoisotopic (exact) mass is 539 g/mol. The minimum Gasteiger partial charge on any atom is -0.497 e. The summed E-state index contributed by atoms with van der Waals surface area (Å²) >= 11 is 6.22. The highest BCUT2D eigenvalue weighted by molar-refractivity contribution is 6.31. The van der Waals surface area contributed by atoms with Gasteiger partial charge in [0.25, 0.3) is 5.91 Å². The summed E-state index contributed by atoms with van der Waals surface area (Å²) in [6.45, 7) is 3.46. The summed E-state index contributed by atoms with van der Waals surface area (Å²) in [5.74, 6) is 1.45. The van der Waals surface area contributed by atoms with Gasteiger partial charge in [0.05, 0.1) is 19.4 Å². The van der Waals surface area contributed by atoms with Crippen molar-refractivity contribution in [3.8, 4) is 33.9 Å². The van der Waals surface area contributed by atoms with Crippen LogP contribution in [0, 0.1) is 0 Å². The van der Waals surface area contributed by atoms with Crippen molar-refractivity contribution in [2.75, 3.05) is 19.0 Å². The Morgan fingerprint density at radius 1 is 0.974 bits per heavy atom. The van der Waals surface area contributed by atoms with E-state index in [9.17, 15) is 4.79 Å². The molecule has 1 aliphatic rings. The molecule has 0 atom stereocenters. The zero-order valence-electron chi connectivity index (χ0n) is 22.0. The summed E-state index contributed by atoms with van der Waals surface area (Å²) in [6, 6.07) is 23.4. The number of imidazole rings is 1. The Labute approximate surface area is 232 Å². The molecule has 0 spiro atoms. The number of rotatable bonds is 7. The van der Waals surface area contributed by atoms with E-state index in [1.807, 2.05) is 55.5 Å². The SMILES string of the molecule is CCOc1ccc(-c2c3c4n(c(-c5ccc(OC)cc5)cn4c2C(=O)Nc2cccc(Cl)c2)CCCC3)cc1. The maximum absolute atomic E-state index is 14.1. The largest absolute Gasteiger partial charge is 0.497 e. The van der Waals surface area contributed by atoms with E-state index in [0.29, 0.717) is 23.0 Å². The molecule has 3 aromatic carbocycles. The first-order valence-corrected chi connectivity index (χ1v) is 13.7. The molecule has 0 aliphatic carbocycles. The molecule has 0 saturated heterocycles. The van der Waals surface area contributed by atoms with Crippen molar-refractivity contribution in [1.29, 1.82) is 0 Å². The molecule has 3 heterocycles. The molecule has 0 unspecified atom stereocenters. The second-order valence-corrected chi connectivity index (χ2v) is 10.1. The number of hydrogen-bond donors (Lipinski definition) is 1. The molecule has 2 aromatic heterocycles. The van der Waals surface area contributed by atoms with E-state index in [1.54, 1.807) is 19.2 Å². The number of nitrogens with zero attached hydrogens (tertiary/aromatic N) is 2. The lowest BCUT2D eigenvalue weighted by Crippen LogP contribution is -2.15. The molecule has 198 valence electrons. The van der Waals surface area contributed by atoms with Gasteiger partial charge in [-0.25, -0.2) is 0 Å². The first-order valence-electron chi connectivity index (χ1n) is 13.3. The zero-order chi connectivity index (χ0) is 26.9. The van der Waals surface area contributed by atoms with Crippen LogP contribution < -0.4 is 14.8 Å². The molecule has 0 bridgehead atoms. The van der Waals surface area contributed by atoms with Crippen LogP contribution in [0.5, 0.6) is 11.5 Å². The van der Waals surface area contributed by atoms with Crippen molar-refractivity contribution >= 4 is 28.8 Å². The Morgan fingerprint density at radius 3 is 2.44 bits per heavy atom. The normalized spacial score (nSPS) is 12.8. The maximum Gasteiger partial charge on any atom is 0.273 e. The predicted octanol–water partition coefficient (Wildman–Crippen LogP) is 7.72. The van der Waals surface area contributed by atoms with Crippen molar-refractivity contribution in [2.45, 2.75) is 32.7 Å². The van der Waals surface area contributed by atoms with Crippen LogP contribution in [0.25, 0.3) is 28.0 Å². The molecule has 1 N–H and O–H groups in total. The van der Waals surface area contributed by atoms with E-state index in [0.717, 1.165) is 65.3 Å². The molecule has 5 aromatic rings. The molecule has 1 aliphatic heterocycles. The molecule has 0 radical (unpaired) electrons. The fourth-order valence-electron chi connectivity index (χ4n) is 5.55. The van der Waals surface area contributed by atoms with Gasteiger partial charge in [0, 0.05) is 34.6 Å². The maximum atomic E-state index is 14.1. The number of aryl methyl sites for hydroxylation is 2. The number of amides is 1. The van der Waals surface area contributed by atoms with Crippen LogP contribution in [-0.4, -0.2) is 28.6 Å². The van der Waals surface area contributed by atoms with E-state index in [2.05, 4.69) is 32.6 Å². The number of hydrogen-bond acceptors (Lipinski definition) is 3. The highest BCUT2D eigenvalue weighted by Crippen LogP contribution is 2.40. The molecular formula is C32H30ClN3O3. The molecule has 7 heteroatoms. The lowest BCUT2D eigenvalue weighted by molar-refractivity contribution is 0.102. The molecule has 0 saturated carbocycles. The third-order valence-electron chi connectivity index (χ3n) is 7.27. The lowest BCUT2D eigenvalue weighted by atomic mass is 9.97. The number of aromatic nitrogens is 2. The number of carbonyl (C=O) groups excluding carboxylic acids is 1. The highest BCUT2D eigenvalue weighted by atomic mass is 35.5. The van der Waals surface area contributed by atoms with E-state index in [-0.39, 0.29) is 5.91 Å². The Hall–Kier alpha value is -4.16. The Bertz CT molecular complexity index is 1650. The van der Waals surface area contributed by atoms with Gasteiger partial charge in [0.2, 0.25) is 0 Å². The van der Waals surface area contributed by atoms with Gasteiger partial charge >= 0.3 is 0 Å². The molecule has 6 nitrogen and oxygen atoms in total. The van der Waals surface area contributed by atoms with Crippen molar-refractivity contribution in [3.63, 3.8) is 0 Å². The van der Waals surface area contributed by atoms with Gasteiger partial charge < -0.3 is 19.4 Å². The van der Waals surface area contributed by atoms with Crippen LogP contribution in [0.4, 0.5) is 5.69 Å². The second-order valence-electron chi connectivity index (χ2n) is 9.67. The van der Waals surface area contributed by atoms with Crippen LogP contribution in [-0.2, 0) is 13.0 Å². The number of halogens is 1. The zero-order valence-corrected chi connectivity index (χ0v) is 22.8. The van der Waals surface area contributed by atoms with Crippen LogP contribution in [0.1, 0.15) is 35.8 Å². The Kier molecular flexibility index (Phi) is 6.79. The van der Waals surface area contributed by atoms with Crippen molar-refractivity contribution < 1.29 is 14.3 Å². The first-order chi connectivity index (χ1) is 19.1. The summed E-state index contributed by atoms with van der Waals surface area (Å²) in [4.78, 5) is 14.1. The quantitative estimate of drug-likeness (QED) is 0.230. The fourth-order valence-corrected chi connectivity index (χ4v) is 5.74. The van der Waals surface area contributed by atoms with Crippen molar-refractivity contribution in [3.05, 3.63) is 95.3 Å². The van der Waals surface area contributed by atoms with E-state index in [4.69, 9.17) is 21.1 Å². The van der Waals surface area contributed by atoms with Gasteiger partial charge in [-0.2, -0.15) is 0 Å². The fraction of sp³-hybridized carbons (Fsp3) is 0.219. The average Bonchev–Trinajstić information content (AvgIpc) is 3.37. The van der Waals surface area contributed by atoms with Gasteiger partial charge in [-0.15, -0.1) is 0 Å². The number of ether oxygens (including phenoxy) is 2. The van der Waals surface area contributed by atoms with Crippen molar-refractivity contribution in [2.24, 2.45) is 0 Å². The third-order valence-corrected chi connectivity index (χ3v) is 7.51. The number of anilines is 1. The smallest absolute Gasteiger partial charge is 0.273 e. The van der Waals surface area contributed by atoms with Crippen molar-refractivity contribution in [1.82, 2.24) is 8.97 Å². The van der Waals surface area contributed by atoms with Gasteiger partial charge in [-0.05, 0) is 91.9 Å². The van der Waals surface area contributed by atoms with Crippen LogP contribution in [0.3, 0.4) is 0 Å². The van der Waals surface area contributed by atoms with Crippen LogP contribution in [0.2, 0.25) is 5.02 Å². The lowest BCUT2D eigenvalue weighted by Gasteiger charge is -2.11. The van der Waals surface area contributed by atoms with Gasteiger partial charge in [-0.1, -0.05) is 29.8 Å². The average molecular weight is 540 g/mol. The third kappa shape index (κ3) is 4.66. The topological polar surface area (TPSA) is 56.9 Å². The summed E-state index contributed by atoms with van der Waals surface area (Å²) in [6.07, 6.45) is 5.09. The van der Waals surface area contributed by atoms with E-state index >= 15 is 0 Å². The number of methoxy groups -OCH3 is 1. The first kappa shape index (κ1) is 25.1. The number of nitrogens with one attached hydrogen (secondary N) is 1. The summed E-state index contributed by atoms with van der Waals surface area (Å²) in [5.41, 5.74) is 7.63. The summed E-state index contributed by atoms with van der Waals surface area (Å²) < 4.78 is 15.5. The van der Waals surface area contributed by atoms with Gasteiger partial charge in [-0.3, -0.25) is 9.20 Å². The van der Waals surface area contributed by atoms with Crippen LogP contribution >= 0.6 is 11.6 Å². The number of benzene rings is 3. The van der Waals surface area contributed by atoms with Crippen LogP contribution in [0.15, 0.2) is 79.0 Å². The minimum absolute atomic E-state index is 0.179. The Morgan fingerprint density at radius 2 is 1.72 bits per heavy atom. The van der Waals surface area contributed by atoms with E-state index in [1.165, 1.54) is 5.56 Å². The molecule has 6 rings (SSSR count). The predicted molar refractivity (Wildman–Crippen MR) is 156 cm³/mol. The van der Waals surface area contributed by atoms with Gasteiger partial charge in [0.1, 0.15) is 22.8 Å². The molecule has 1 amide bonds. The molecule has 39 heavy (non-hydrogen) atoms. The molecular weight excluding hydrogens is 510 g/mol. The number of carbonyl (C=O) groups is 1. The Balaban J connectivity index is 1.56. The summed E-state index contributed by atoms with van der Waals surface area (Å²) in [5, 5.41) is 3.67. The minimum atomic E-state index is -0.179. The molecule has 0 fully saturated rings.